The van der Waals surface area contributed by atoms with Gasteiger partial charge in [-0.3, -0.25) is 9.59 Å². The standard InChI is InChI=1S/C21H23NO3/c1-2-18(15-9-5-3-6-10-15)21(24)25-19(16-11-7-4-8-12-16)20(23)22-17-13-14-17/h3-12,17-19H,2,13-14H2,1H3,(H,22,23)/t18-,19+/m0/s1. The zero-order valence-electron chi connectivity index (χ0n) is 14.4. The molecule has 2 aromatic carbocycles. The first kappa shape index (κ1) is 17.2. The van der Waals surface area contributed by atoms with Gasteiger partial charge >= 0.3 is 5.97 Å². The summed E-state index contributed by atoms with van der Waals surface area (Å²) in [7, 11) is 0. The Kier molecular flexibility index (Phi) is 5.49. The maximum atomic E-state index is 12.8. The lowest BCUT2D eigenvalue weighted by Crippen LogP contribution is -2.34. The summed E-state index contributed by atoms with van der Waals surface area (Å²) in [6, 6.07) is 18.9. The molecule has 3 rings (SSSR count). The van der Waals surface area contributed by atoms with E-state index < -0.39 is 6.10 Å². The molecule has 0 unspecified atom stereocenters. The van der Waals surface area contributed by atoms with Gasteiger partial charge in [-0.2, -0.15) is 0 Å². The van der Waals surface area contributed by atoms with Gasteiger partial charge in [0, 0.05) is 11.6 Å². The van der Waals surface area contributed by atoms with Crippen LogP contribution in [0.15, 0.2) is 60.7 Å². The average Bonchev–Trinajstić information content (AvgIpc) is 3.46. The molecule has 0 saturated heterocycles. The van der Waals surface area contributed by atoms with Gasteiger partial charge in [-0.15, -0.1) is 0 Å². The Bertz CT molecular complexity index is 710. The molecule has 0 aliphatic heterocycles. The minimum absolute atomic E-state index is 0.216. The van der Waals surface area contributed by atoms with E-state index in [4.69, 9.17) is 4.74 Å². The summed E-state index contributed by atoms with van der Waals surface area (Å²) >= 11 is 0. The van der Waals surface area contributed by atoms with Crippen LogP contribution in [-0.2, 0) is 14.3 Å². The summed E-state index contributed by atoms with van der Waals surface area (Å²) in [6.45, 7) is 1.95. The molecule has 1 N–H and O–H groups in total. The van der Waals surface area contributed by atoms with Crippen LogP contribution in [0.3, 0.4) is 0 Å². The number of rotatable bonds is 7. The van der Waals surface area contributed by atoms with Gasteiger partial charge in [0.05, 0.1) is 5.92 Å². The van der Waals surface area contributed by atoms with E-state index in [1.54, 1.807) is 0 Å². The number of ether oxygens (including phenoxy) is 1. The number of carbonyl (C=O) groups is 2. The second-order valence-corrected chi connectivity index (χ2v) is 6.38. The average molecular weight is 337 g/mol. The molecule has 4 nitrogen and oxygen atoms in total. The summed E-state index contributed by atoms with van der Waals surface area (Å²) in [5.74, 6) is -0.986. The fourth-order valence-electron chi connectivity index (χ4n) is 2.83. The minimum Gasteiger partial charge on any atom is -0.447 e. The largest absolute Gasteiger partial charge is 0.447 e. The maximum Gasteiger partial charge on any atom is 0.314 e. The molecule has 0 spiro atoms. The van der Waals surface area contributed by atoms with Crippen molar-refractivity contribution in [2.75, 3.05) is 0 Å². The Hall–Kier alpha value is -2.62. The van der Waals surface area contributed by atoms with Gasteiger partial charge in [0.25, 0.3) is 5.91 Å². The molecule has 130 valence electrons. The number of benzene rings is 2. The predicted molar refractivity (Wildman–Crippen MR) is 95.9 cm³/mol. The van der Waals surface area contributed by atoms with Crippen molar-refractivity contribution in [2.24, 2.45) is 0 Å². The van der Waals surface area contributed by atoms with Crippen LogP contribution in [0.5, 0.6) is 0 Å². The van der Waals surface area contributed by atoms with Crippen molar-refractivity contribution in [1.82, 2.24) is 5.32 Å². The third kappa shape index (κ3) is 4.47. The van der Waals surface area contributed by atoms with E-state index >= 15 is 0 Å². The summed E-state index contributed by atoms with van der Waals surface area (Å²) in [5, 5.41) is 2.94. The van der Waals surface area contributed by atoms with E-state index in [1.807, 2.05) is 67.6 Å². The minimum atomic E-state index is -0.910. The normalized spacial score (nSPS) is 15.9. The third-order valence-corrected chi connectivity index (χ3v) is 4.39. The van der Waals surface area contributed by atoms with Gasteiger partial charge in [0.2, 0.25) is 6.10 Å². The fraction of sp³-hybridized carbons (Fsp3) is 0.333. The van der Waals surface area contributed by atoms with E-state index in [-0.39, 0.29) is 23.8 Å². The van der Waals surface area contributed by atoms with Crippen LogP contribution >= 0.6 is 0 Å². The zero-order valence-corrected chi connectivity index (χ0v) is 14.4. The highest BCUT2D eigenvalue weighted by Gasteiger charge is 2.32. The van der Waals surface area contributed by atoms with Gasteiger partial charge in [0.1, 0.15) is 0 Å². The van der Waals surface area contributed by atoms with Gasteiger partial charge < -0.3 is 10.1 Å². The third-order valence-electron chi connectivity index (χ3n) is 4.39. The molecule has 1 aliphatic carbocycles. The van der Waals surface area contributed by atoms with E-state index in [2.05, 4.69) is 5.32 Å². The second kappa shape index (κ2) is 7.97. The molecule has 1 saturated carbocycles. The molecule has 25 heavy (non-hydrogen) atoms. The van der Waals surface area contributed by atoms with E-state index in [0.29, 0.717) is 12.0 Å². The second-order valence-electron chi connectivity index (χ2n) is 6.38. The van der Waals surface area contributed by atoms with Crippen molar-refractivity contribution < 1.29 is 14.3 Å². The summed E-state index contributed by atoms with van der Waals surface area (Å²) in [6.07, 6.45) is 1.69. The number of hydrogen-bond acceptors (Lipinski definition) is 3. The lowest BCUT2D eigenvalue weighted by atomic mass is 9.96. The number of carbonyl (C=O) groups excluding carboxylic acids is 2. The number of hydrogen-bond donors (Lipinski definition) is 1. The molecule has 1 aliphatic rings. The van der Waals surface area contributed by atoms with Gasteiger partial charge in [-0.1, -0.05) is 67.6 Å². The lowest BCUT2D eigenvalue weighted by molar-refractivity contribution is -0.158. The van der Waals surface area contributed by atoms with Crippen LogP contribution in [0, 0.1) is 0 Å². The van der Waals surface area contributed by atoms with Gasteiger partial charge in [-0.25, -0.2) is 0 Å². The monoisotopic (exact) mass is 337 g/mol. The van der Waals surface area contributed by atoms with Crippen LogP contribution in [0.1, 0.15) is 49.3 Å². The first-order valence-corrected chi connectivity index (χ1v) is 8.79. The highest BCUT2D eigenvalue weighted by Crippen LogP contribution is 2.27. The van der Waals surface area contributed by atoms with Crippen molar-refractivity contribution >= 4 is 11.9 Å². The van der Waals surface area contributed by atoms with Crippen molar-refractivity contribution in [2.45, 2.75) is 44.2 Å². The Morgan fingerprint density at radius 2 is 1.56 bits per heavy atom. The molecule has 0 heterocycles. The van der Waals surface area contributed by atoms with Crippen molar-refractivity contribution in [3.8, 4) is 0 Å². The molecule has 0 aromatic heterocycles. The zero-order chi connectivity index (χ0) is 17.6. The molecule has 4 heteroatoms. The summed E-state index contributed by atoms with van der Waals surface area (Å²) in [4.78, 5) is 25.4. The van der Waals surface area contributed by atoms with Crippen molar-refractivity contribution in [3.63, 3.8) is 0 Å². The quantitative estimate of drug-likeness (QED) is 0.783. The predicted octanol–water partition coefficient (Wildman–Crippen LogP) is 3.74. The molecule has 1 amide bonds. The molecular formula is C21H23NO3. The van der Waals surface area contributed by atoms with Crippen LogP contribution in [0.25, 0.3) is 0 Å². The first-order valence-electron chi connectivity index (χ1n) is 8.79. The Labute approximate surface area is 148 Å². The lowest BCUT2D eigenvalue weighted by Gasteiger charge is -2.21. The van der Waals surface area contributed by atoms with Crippen LogP contribution in [-0.4, -0.2) is 17.9 Å². The maximum absolute atomic E-state index is 12.8. The number of nitrogens with one attached hydrogen (secondary N) is 1. The van der Waals surface area contributed by atoms with E-state index in [9.17, 15) is 9.59 Å². The van der Waals surface area contributed by atoms with Gasteiger partial charge in [0.15, 0.2) is 0 Å². The number of esters is 1. The van der Waals surface area contributed by atoms with Crippen molar-refractivity contribution in [1.29, 1.82) is 0 Å². The molecule has 0 radical (unpaired) electrons. The summed E-state index contributed by atoms with van der Waals surface area (Å²) in [5.41, 5.74) is 1.60. The van der Waals surface area contributed by atoms with E-state index in [0.717, 1.165) is 18.4 Å². The number of amides is 1. The highest BCUT2D eigenvalue weighted by molar-refractivity contribution is 5.87. The molecule has 0 bridgehead atoms. The Balaban J connectivity index is 1.78. The van der Waals surface area contributed by atoms with Crippen LogP contribution in [0.4, 0.5) is 0 Å². The topological polar surface area (TPSA) is 55.4 Å². The highest BCUT2D eigenvalue weighted by atomic mass is 16.5. The first-order chi connectivity index (χ1) is 12.2. The SMILES string of the molecule is CC[C@H](C(=O)O[C@@H](C(=O)NC1CC1)c1ccccc1)c1ccccc1. The fourth-order valence-corrected chi connectivity index (χ4v) is 2.83. The Morgan fingerprint density at radius 1 is 1.00 bits per heavy atom. The molecule has 2 atom stereocenters. The molecular weight excluding hydrogens is 314 g/mol. The smallest absolute Gasteiger partial charge is 0.314 e. The van der Waals surface area contributed by atoms with Gasteiger partial charge in [-0.05, 0) is 24.8 Å². The summed E-state index contributed by atoms with van der Waals surface area (Å²) < 4.78 is 5.68. The van der Waals surface area contributed by atoms with E-state index in [1.165, 1.54) is 0 Å². The molecule has 2 aromatic rings. The van der Waals surface area contributed by atoms with Crippen LogP contribution in [0.2, 0.25) is 0 Å². The van der Waals surface area contributed by atoms with Crippen LogP contribution < -0.4 is 5.32 Å². The molecule has 1 fully saturated rings. The van der Waals surface area contributed by atoms with Crippen molar-refractivity contribution in [3.05, 3.63) is 71.8 Å². The Morgan fingerprint density at radius 3 is 2.08 bits per heavy atom.